The quantitative estimate of drug-likeness (QED) is 0.856. The van der Waals surface area contributed by atoms with Crippen LogP contribution >= 0.6 is 0 Å². The van der Waals surface area contributed by atoms with Gasteiger partial charge in [0.15, 0.2) is 11.6 Å². The van der Waals surface area contributed by atoms with E-state index in [1.165, 1.54) is 17.2 Å². The van der Waals surface area contributed by atoms with E-state index in [0.717, 1.165) is 6.42 Å². The van der Waals surface area contributed by atoms with Crippen molar-refractivity contribution in [2.24, 2.45) is 0 Å². The number of amides is 1. The van der Waals surface area contributed by atoms with Gasteiger partial charge in [-0.25, -0.2) is 9.37 Å². The molecule has 0 saturated heterocycles. The lowest BCUT2D eigenvalue weighted by Gasteiger charge is -2.15. The van der Waals surface area contributed by atoms with Crippen LogP contribution in [0.15, 0.2) is 12.3 Å². The average Bonchev–Trinajstić information content (AvgIpc) is 2.35. The fourth-order valence-electron chi connectivity index (χ4n) is 1.32. The Bertz CT molecular complexity index is 395. The van der Waals surface area contributed by atoms with Gasteiger partial charge in [-0.05, 0) is 19.4 Å². The van der Waals surface area contributed by atoms with E-state index in [-0.39, 0.29) is 17.3 Å². The molecular formula is C12H18FN3O. The summed E-state index contributed by atoms with van der Waals surface area (Å²) in [5, 5.41) is 2.86. The van der Waals surface area contributed by atoms with Gasteiger partial charge in [-0.2, -0.15) is 0 Å². The number of rotatable bonds is 5. The van der Waals surface area contributed by atoms with Crippen molar-refractivity contribution in [2.45, 2.75) is 20.3 Å². The van der Waals surface area contributed by atoms with Crippen LogP contribution < -0.4 is 5.32 Å². The lowest BCUT2D eigenvalue weighted by molar-refractivity contribution is 0.0798. The second-order valence-electron chi connectivity index (χ2n) is 3.77. The molecule has 0 bridgehead atoms. The average molecular weight is 239 g/mol. The highest BCUT2D eigenvalue weighted by molar-refractivity contribution is 5.95. The number of pyridine rings is 1. The zero-order valence-electron chi connectivity index (χ0n) is 10.5. The van der Waals surface area contributed by atoms with Crippen molar-refractivity contribution in [2.75, 3.05) is 25.5 Å². The molecule has 5 heteroatoms. The smallest absolute Gasteiger partial charge is 0.256 e. The SMILES string of the molecule is CCCNc1nccc(C(=O)N(C)CC)c1F. The van der Waals surface area contributed by atoms with Crippen molar-refractivity contribution in [3.05, 3.63) is 23.6 Å². The molecule has 0 unspecified atom stereocenters. The summed E-state index contributed by atoms with van der Waals surface area (Å²) < 4.78 is 14.0. The highest BCUT2D eigenvalue weighted by Gasteiger charge is 2.18. The zero-order chi connectivity index (χ0) is 12.8. The molecule has 17 heavy (non-hydrogen) atoms. The monoisotopic (exact) mass is 239 g/mol. The van der Waals surface area contributed by atoms with E-state index in [0.29, 0.717) is 13.1 Å². The Hall–Kier alpha value is -1.65. The minimum Gasteiger partial charge on any atom is -0.368 e. The van der Waals surface area contributed by atoms with E-state index >= 15 is 0 Å². The van der Waals surface area contributed by atoms with Crippen LogP contribution in [-0.4, -0.2) is 35.9 Å². The first-order valence-corrected chi connectivity index (χ1v) is 5.75. The Balaban J connectivity index is 2.97. The van der Waals surface area contributed by atoms with E-state index in [4.69, 9.17) is 0 Å². The van der Waals surface area contributed by atoms with E-state index in [1.54, 1.807) is 7.05 Å². The van der Waals surface area contributed by atoms with Gasteiger partial charge >= 0.3 is 0 Å². The number of hydrogen-bond donors (Lipinski definition) is 1. The molecule has 4 nitrogen and oxygen atoms in total. The van der Waals surface area contributed by atoms with Gasteiger partial charge in [0.05, 0.1) is 5.56 Å². The molecule has 0 radical (unpaired) electrons. The molecular weight excluding hydrogens is 221 g/mol. The standard InChI is InChI=1S/C12H18FN3O/c1-4-7-14-11-10(13)9(6-8-15-11)12(17)16(3)5-2/h6,8H,4-5,7H2,1-3H3,(H,14,15). The van der Waals surface area contributed by atoms with Gasteiger partial charge in [0, 0.05) is 26.3 Å². The number of anilines is 1. The topological polar surface area (TPSA) is 45.2 Å². The molecule has 1 rings (SSSR count). The number of nitrogens with zero attached hydrogens (tertiary/aromatic N) is 2. The second-order valence-corrected chi connectivity index (χ2v) is 3.77. The number of nitrogens with one attached hydrogen (secondary N) is 1. The molecule has 0 aliphatic heterocycles. The van der Waals surface area contributed by atoms with Crippen molar-refractivity contribution in [3.8, 4) is 0 Å². The maximum Gasteiger partial charge on any atom is 0.256 e. The number of halogens is 1. The van der Waals surface area contributed by atoms with Gasteiger partial charge in [0.1, 0.15) is 0 Å². The maximum atomic E-state index is 14.0. The normalized spacial score (nSPS) is 10.1. The van der Waals surface area contributed by atoms with Gasteiger partial charge < -0.3 is 10.2 Å². The molecule has 94 valence electrons. The van der Waals surface area contributed by atoms with Crippen molar-refractivity contribution >= 4 is 11.7 Å². The lowest BCUT2D eigenvalue weighted by atomic mass is 10.2. The third-order valence-corrected chi connectivity index (χ3v) is 2.48. The van der Waals surface area contributed by atoms with Crippen LogP contribution in [0.25, 0.3) is 0 Å². The Morgan fingerprint density at radius 1 is 1.53 bits per heavy atom. The summed E-state index contributed by atoms with van der Waals surface area (Å²) in [4.78, 5) is 17.2. The summed E-state index contributed by atoms with van der Waals surface area (Å²) in [5.41, 5.74) is 0.0583. The van der Waals surface area contributed by atoms with Gasteiger partial charge in [0.25, 0.3) is 5.91 Å². The highest BCUT2D eigenvalue weighted by Crippen LogP contribution is 2.16. The summed E-state index contributed by atoms with van der Waals surface area (Å²) in [6.45, 7) is 4.99. The van der Waals surface area contributed by atoms with Crippen LogP contribution in [0, 0.1) is 5.82 Å². The Labute approximate surface area is 101 Å². The summed E-state index contributed by atoms with van der Waals surface area (Å²) in [6, 6.07) is 1.40. The lowest BCUT2D eigenvalue weighted by Crippen LogP contribution is -2.27. The van der Waals surface area contributed by atoms with Crippen LogP contribution in [0.3, 0.4) is 0 Å². The third-order valence-electron chi connectivity index (χ3n) is 2.48. The first-order valence-electron chi connectivity index (χ1n) is 5.75. The Kier molecular flexibility index (Phi) is 4.87. The van der Waals surface area contributed by atoms with Crippen molar-refractivity contribution in [1.82, 2.24) is 9.88 Å². The largest absolute Gasteiger partial charge is 0.368 e. The summed E-state index contributed by atoms with van der Waals surface area (Å²) in [5.74, 6) is -0.764. The molecule has 0 spiro atoms. The van der Waals surface area contributed by atoms with Gasteiger partial charge in [-0.3, -0.25) is 4.79 Å². The first kappa shape index (κ1) is 13.4. The van der Waals surface area contributed by atoms with E-state index < -0.39 is 5.82 Å². The van der Waals surface area contributed by atoms with E-state index in [2.05, 4.69) is 10.3 Å². The van der Waals surface area contributed by atoms with Gasteiger partial charge in [-0.15, -0.1) is 0 Å². The molecule has 1 N–H and O–H groups in total. The van der Waals surface area contributed by atoms with Crippen LogP contribution in [0.1, 0.15) is 30.6 Å². The molecule has 1 aromatic heterocycles. The number of carbonyl (C=O) groups excluding carboxylic acids is 1. The molecule has 1 heterocycles. The zero-order valence-corrected chi connectivity index (χ0v) is 10.5. The van der Waals surface area contributed by atoms with Crippen molar-refractivity contribution in [1.29, 1.82) is 0 Å². The maximum absolute atomic E-state index is 14.0. The molecule has 0 aliphatic rings. The number of hydrogen-bond acceptors (Lipinski definition) is 3. The highest BCUT2D eigenvalue weighted by atomic mass is 19.1. The molecule has 0 aliphatic carbocycles. The summed E-state index contributed by atoms with van der Waals surface area (Å²) in [6.07, 6.45) is 2.31. The van der Waals surface area contributed by atoms with Crippen LogP contribution in [-0.2, 0) is 0 Å². The minimum absolute atomic E-state index is 0.0583. The van der Waals surface area contributed by atoms with Crippen molar-refractivity contribution in [3.63, 3.8) is 0 Å². The van der Waals surface area contributed by atoms with Gasteiger partial charge in [-0.1, -0.05) is 6.92 Å². The van der Waals surface area contributed by atoms with E-state index in [9.17, 15) is 9.18 Å². The molecule has 0 atom stereocenters. The first-order chi connectivity index (χ1) is 8.11. The van der Waals surface area contributed by atoms with Gasteiger partial charge in [0.2, 0.25) is 0 Å². The van der Waals surface area contributed by atoms with Crippen molar-refractivity contribution < 1.29 is 9.18 Å². The molecule has 0 saturated carbocycles. The fourth-order valence-corrected chi connectivity index (χ4v) is 1.32. The second kappa shape index (κ2) is 6.18. The minimum atomic E-state index is -0.578. The number of aromatic nitrogens is 1. The third kappa shape index (κ3) is 3.15. The molecule has 1 aromatic rings. The predicted molar refractivity (Wildman–Crippen MR) is 65.6 cm³/mol. The van der Waals surface area contributed by atoms with E-state index in [1.807, 2.05) is 13.8 Å². The fraction of sp³-hybridized carbons (Fsp3) is 0.500. The Morgan fingerprint density at radius 3 is 2.82 bits per heavy atom. The predicted octanol–water partition coefficient (Wildman–Crippen LogP) is 2.13. The summed E-state index contributed by atoms with van der Waals surface area (Å²) in [7, 11) is 1.64. The molecule has 0 aromatic carbocycles. The molecule has 1 amide bonds. The summed E-state index contributed by atoms with van der Waals surface area (Å²) >= 11 is 0. The van der Waals surface area contributed by atoms with Crippen LogP contribution in [0.4, 0.5) is 10.2 Å². The van der Waals surface area contributed by atoms with Crippen LogP contribution in [0.2, 0.25) is 0 Å². The molecule has 0 fully saturated rings. The number of carbonyl (C=O) groups is 1. The Morgan fingerprint density at radius 2 is 2.24 bits per heavy atom. The van der Waals surface area contributed by atoms with Crippen LogP contribution in [0.5, 0.6) is 0 Å².